The van der Waals surface area contributed by atoms with Gasteiger partial charge in [-0.3, -0.25) is 4.57 Å². The van der Waals surface area contributed by atoms with E-state index in [0.29, 0.717) is 24.8 Å². The molecule has 2 rings (SSSR count). The predicted octanol–water partition coefficient (Wildman–Crippen LogP) is 5.68. The largest absolute Gasteiger partial charge is 0.328 e. The summed E-state index contributed by atoms with van der Waals surface area (Å²) in [6.45, 7) is 8.77. The topological polar surface area (TPSA) is 26.3 Å². The van der Waals surface area contributed by atoms with Crippen LogP contribution < -0.4 is 0 Å². The van der Waals surface area contributed by atoms with Gasteiger partial charge in [0.25, 0.3) is 0 Å². The molecule has 0 aliphatic carbocycles. The lowest BCUT2D eigenvalue weighted by atomic mass is 10.2. The highest BCUT2D eigenvalue weighted by molar-refractivity contribution is 7.58. The van der Waals surface area contributed by atoms with E-state index < -0.39 is 7.37 Å². The molecular formula is C16H23O2PS. The summed E-state index contributed by atoms with van der Waals surface area (Å²) in [6, 6.07) is 8.38. The van der Waals surface area contributed by atoms with E-state index in [9.17, 15) is 4.57 Å². The Labute approximate surface area is 125 Å². The van der Waals surface area contributed by atoms with E-state index in [-0.39, 0.29) is 0 Å². The van der Waals surface area contributed by atoms with Crippen LogP contribution >= 0.6 is 18.7 Å². The summed E-state index contributed by atoms with van der Waals surface area (Å²) in [5.74, 6) is 0.391. The second kappa shape index (κ2) is 6.43. The van der Waals surface area contributed by atoms with Crippen LogP contribution in [-0.2, 0) is 15.3 Å². The van der Waals surface area contributed by atoms with E-state index in [1.807, 2.05) is 6.92 Å². The molecule has 0 saturated heterocycles. The Kier molecular flexibility index (Phi) is 5.06. The van der Waals surface area contributed by atoms with Crippen LogP contribution in [0.25, 0.3) is 10.1 Å². The molecule has 0 radical (unpaired) electrons. The zero-order valence-electron chi connectivity index (χ0n) is 12.7. The summed E-state index contributed by atoms with van der Waals surface area (Å²) in [5.41, 5.74) is 1.26. The third kappa shape index (κ3) is 3.52. The number of fused-ring (bicyclic) bond motifs is 1. The third-order valence-corrected chi connectivity index (χ3v) is 7.63. The van der Waals surface area contributed by atoms with Crippen molar-refractivity contribution in [2.45, 2.75) is 33.9 Å². The minimum Gasteiger partial charge on any atom is -0.328 e. The summed E-state index contributed by atoms with van der Waals surface area (Å²) in [6.07, 6.45) is 1.23. The van der Waals surface area contributed by atoms with Crippen LogP contribution in [0.2, 0.25) is 0 Å². The van der Waals surface area contributed by atoms with Crippen molar-refractivity contribution in [3.8, 4) is 0 Å². The normalized spacial score (nSPS) is 14.8. The number of hydrogen-bond donors (Lipinski definition) is 0. The van der Waals surface area contributed by atoms with Gasteiger partial charge in [-0.25, -0.2) is 0 Å². The minimum atomic E-state index is -2.57. The zero-order chi connectivity index (χ0) is 14.8. The Balaban J connectivity index is 2.33. The van der Waals surface area contributed by atoms with E-state index in [0.717, 1.165) is 0 Å². The molecule has 0 amide bonds. The second-order valence-electron chi connectivity index (χ2n) is 5.61. The van der Waals surface area contributed by atoms with Crippen LogP contribution in [0.15, 0.2) is 24.3 Å². The molecule has 1 atom stereocenters. The molecule has 0 aliphatic rings. The molecule has 4 heteroatoms. The minimum absolute atomic E-state index is 0.391. The molecule has 1 aromatic carbocycles. The Hall–Kier alpha value is -0.630. The molecule has 20 heavy (non-hydrogen) atoms. The highest BCUT2D eigenvalue weighted by atomic mass is 32.1. The van der Waals surface area contributed by atoms with E-state index in [2.05, 4.69) is 45.0 Å². The fourth-order valence-electron chi connectivity index (χ4n) is 2.55. The van der Waals surface area contributed by atoms with Gasteiger partial charge in [-0.15, -0.1) is 11.3 Å². The average molecular weight is 310 g/mol. The van der Waals surface area contributed by atoms with Gasteiger partial charge in [-0.2, -0.15) is 0 Å². The maximum atomic E-state index is 13.0. The molecule has 0 fully saturated rings. The lowest BCUT2D eigenvalue weighted by Gasteiger charge is -2.19. The Morgan fingerprint density at radius 2 is 2.00 bits per heavy atom. The monoisotopic (exact) mass is 310 g/mol. The first kappa shape index (κ1) is 15.8. The highest BCUT2D eigenvalue weighted by Gasteiger charge is 2.26. The first-order chi connectivity index (χ1) is 9.45. The van der Waals surface area contributed by atoms with Crippen molar-refractivity contribution >= 4 is 28.8 Å². The van der Waals surface area contributed by atoms with Crippen LogP contribution in [-0.4, -0.2) is 12.8 Å². The highest BCUT2D eigenvalue weighted by Crippen LogP contribution is 2.53. The molecule has 1 heterocycles. The summed E-state index contributed by atoms with van der Waals surface area (Å²) < 4.78 is 19.9. The molecule has 0 aliphatic heterocycles. The maximum absolute atomic E-state index is 13.0. The lowest BCUT2D eigenvalue weighted by Crippen LogP contribution is -2.04. The van der Waals surface area contributed by atoms with Crippen molar-refractivity contribution < 1.29 is 9.09 Å². The quantitative estimate of drug-likeness (QED) is 0.642. The first-order valence-electron chi connectivity index (χ1n) is 7.15. The van der Waals surface area contributed by atoms with Crippen molar-refractivity contribution in [2.24, 2.45) is 5.92 Å². The van der Waals surface area contributed by atoms with E-state index in [1.54, 1.807) is 11.3 Å². The van der Waals surface area contributed by atoms with Crippen molar-refractivity contribution in [1.29, 1.82) is 0 Å². The lowest BCUT2D eigenvalue weighted by molar-refractivity contribution is 0.328. The second-order valence-corrected chi connectivity index (χ2v) is 9.32. The van der Waals surface area contributed by atoms with Gasteiger partial charge in [0.05, 0.1) is 12.8 Å². The van der Waals surface area contributed by atoms with Gasteiger partial charge in [-0.1, -0.05) is 32.0 Å². The molecule has 1 aromatic heterocycles. The zero-order valence-corrected chi connectivity index (χ0v) is 14.4. The number of hydrogen-bond acceptors (Lipinski definition) is 3. The molecule has 0 saturated carbocycles. The summed E-state index contributed by atoms with van der Waals surface area (Å²) in [7, 11) is -2.57. The predicted molar refractivity (Wildman–Crippen MR) is 89.2 cm³/mol. The van der Waals surface area contributed by atoms with E-state index in [1.165, 1.54) is 20.5 Å². The maximum Gasteiger partial charge on any atom is 0.208 e. The molecule has 1 unspecified atom stereocenters. The van der Waals surface area contributed by atoms with Crippen molar-refractivity contribution in [2.75, 3.05) is 12.8 Å². The van der Waals surface area contributed by atoms with Crippen molar-refractivity contribution in [3.05, 3.63) is 34.7 Å². The third-order valence-electron chi connectivity index (χ3n) is 3.33. The fourth-order valence-corrected chi connectivity index (χ4v) is 6.99. The van der Waals surface area contributed by atoms with Gasteiger partial charge in [0.2, 0.25) is 7.37 Å². The number of aryl methyl sites for hydroxylation is 1. The van der Waals surface area contributed by atoms with E-state index in [4.69, 9.17) is 4.52 Å². The summed E-state index contributed by atoms with van der Waals surface area (Å²) >= 11 is 1.75. The number of benzene rings is 1. The summed E-state index contributed by atoms with van der Waals surface area (Å²) in [4.78, 5) is 1.21. The van der Waals surface area contributed by atoms with Gasteiger partial charge in [0.1, 0.15) is 0 Å². The standard InChI is InChI=1S/C16H23O2PS/c1-5-18-19(17,10-12(2)3)11-16-13(4)14-8-6-7-9-15(14)20-16/h6-9,12H,5,10-11H2,1-4H3. The Bertz CT molecular complexity index is 630. The molecule has 110 valence electrons. The molecule has 0 spiro atoms. The van der Waals surface area contributed by atoms with Gasteiger partial charge in [0.15, 0.2) is 0 Å². The molecule has 0 bridgehead atoms. The Morgan fingerprint density at radius 1 is 1.30 bits per heavy atom. The first-order valence-corrected chi connectivity index (χ1v) is 9.96. The smallest absolute Gasteiger partial charge is 0.208 e. The molecule has 2 nitrogen and oxygen atoms in total. The SMILES string of the molecule is CCOP(=O)(Cc1sc2ccccc2c1C)CC(C)C. The van der Waals surface area contributed by atoms with E-state index >= 15 is 0 Å². The molecule has 2 aromatic rings. The van der Waals surface area contributed by atoms with Gasteiger partial charge in [-0.05, 0) is 36.8 Å². The molecule has 0 N–H and O–H groups in total. The van der Waals surface area contributed by atoms with Crippen LogP contribution in [0.1, 0.15) is 31.2 Å². The van der Waals surface area contributed by atoms with Crippen LogP contribution in [0.3, 0.4) is 0 Å². The summed E-state index contributed by atoms with van der Waals surface area (Å²) in [5, 5.41) is 1.28. The van der Waals surface area contributed by atoms with Crippen molar-refractivity contribution in [1.82, 2.24) is 0 Å². The van der Waals surface area contributed by atoms with Crippen LogP contribution in [0, 0.1) is 12.8 Å². The van der Waals surface area contributed by atoms with Crippen LogP contribution in [0.5, 0.6) is 0 Å². The van der Waals surface area contributed by atoms with Crippen molar-refractivity contribution in [3.63, 3.8) is 0 Å². The average Bonchev–Trinajstić information content (AvgIpc) is 2.66. The Morgan fingerprint density at radius 3 is 2.60 bits per heavy atom. The molecular weight excluding hydrogens is 287 g/mol. The van der Waals surface area contributed by atoms with Gasteiger partial charge < -0.3 is 4.52 Å². The van der Waals surface area contributed by atoms with Gasteiger partial charge in [0, 0.05) is 15.7 Å². The van der Waals surface area contributed by atoms with Crippen LogP contribution in [0.4, 0.5) is 0 Å². The number of rotatable bonds is 6. The fraction of sp³-hybridized carbons (Fsp3) is 0.500. The number of thiophene rings is 1. The van der Waals surface area contributed by atoms with Gasteiger partial charge >= 0.3 is 0 Å².